The Bertz CT molecular complexity index is 1760. The van der Waals surface area contributed by atoms with Gasteiger partial charge in [0, 0.05) is 25.2 Å². The average Bonchev–Trinajstić information content (AvgIpc) is 3.43. The standard InChI is InChI=1S/C24H25N9O3S/c25-6-8-37(34,35)32-7-5-15-9-14(1-2-17(15)12-32)11-33-23-20(22(26)28-13-29-23)21(31-33)16-3-4-19-18(10-16)30-24(27)36-19/h1-4,9-10,13H,5-8,11-12,25H2,(H2,27,30)(H2,26,28,29). The first-order valence-electron chi connectivity index (χ1n) is 11.7. The quantitative estimate of drug-likeness (QED) is 0.297. The fourth-order valence-corrected chi connectivity index (χ4v) is 6.06. The molecule has 0 radical (unpaired) electrons. The van der Waals surface area contributed by atoms with Crippen molar-refractivity contribution in [3.8, 4) is 11.3 Å². The third-order valence-electron chi connectivity index (χ3n) is 6.59. The van der Waals surface area contributed by atoms with Gasteiger partial charge in [-0.15, -0.1) is 0 Å². The van der Waals surface area contributed by atoms with E-state index in [9.17, 15) is 8.42 Å². The lowest BCUT2D eigenvalue weighted by Gasteiger charge is -2.28. The van der Waals surface area contributed by atoms with Crippen LogP contribution in [-0.2, 0) is 29.5 Å². The van der Waals surface area contributed by atoms with Crippen molar-refractivity contribution in [2.75, 3.05) is 30.3 Å². The molecule has 6 N–H and O–H groups in total. The number of rotatable bonds is 6. The van der Waals surface area contributed by atoms with E-state index in [4.69, 9.17) is 26.7 Å². The Hall–Kier alpha value is -4.07. The van der Waals surface area contributed by atoms with Crippen molar-refractivity contribution >= 4 is 44.0 Å². The van der Waals surface area contributed by atoms with Crippen molar-refractivity contribution < 1.29 is 12.8 Å². The Labute approximate surface area is 212 Å². The summed E-state index contributed by atoms with van der Waals surface area (Å²) in [5.74, 6) is 0.284. The summed E-state index contributed by atoms with van der Waals surface area (Å²) >= 11 is 0. The molecule has 0 atom stereocenters. The highest BCUT2D eigenvalue weighted by molar-refractivity contribution is 7.89. The lowest BCUT2D eigenvalue weighted by Crippen LogP contribution is -2.38. The van der Waals surface area contributed by atoms with E-state index in [1.165, 1.54) is 10.6 Å². The van der Waals surface area contributed by atoms with Crippen LogP contribution in [0.4, 0.5) is 11.8 Å². The number of benzene rings is 2. The van der Waals surface area contributed by atoms with Gasteiger partial charge in [-0.1, -0.05) is 18.2 Å². The van der Waals surface area contributed by atoms with Gasteiger partial charge in [-0.05, 0) is 41.3 Å². The minimum atomic E-state index is -3.35. The fraction of sp³-hybridized carbons (Fsp3) is 0.250. The highest BCUT2D eigenvalue weighted by Gasteiger charge is 2.26. The van der Waals surface area contributed by atoms with Gasteiger partial charge in [0.05, 0.1) is 17.7 Å². The van der Waals surface area contributed by atoms with E-state index in [1.54, 1.807) is 10.7 Å². The largest absolute Gasteiger partial charge is 0.424 e. The predicted octanol–water partition coefficient (Wildman–Crippen LogP) is 1.49. The number of nitrogens with two attached hydrogens (primary N) is 3. The summed E-state index contributed by atoms with van der Waals surface area (Å²) in [5.41, 5.74) is 23.8. The zero-order chi connectivity index (χ0) is 25.7. The highest BCUT2D eigenvalue weighted by atomic mass is 32.2. The minimum Gasteiger partial charge on any atom is -0.424 e. The van der Waals surface area contributed by atoms with Crippen LogP contribution in [0, 0.1) is 0 Å². The molecule has 0 aliphatic carbocycles. The summed E-state index contributed by atoms with van der Waals surface area (Å²) in [7, 11) is -3.35. The van der Waals surface area contributed by atoms with Gasteiger partial charge in [-0.3, -0.25) is 0 Å². The lowest BCUT2D eigenvalue weighted by molar-refractivity contribution is 0.391. The second kappa shape index (κ2) is 8.80. The van der Waals surface area contributed by atoms with Crippen LogP contribution < -0.4 is 17.2 Å². The van der Waals surface area contributed by atoms with Gasteiger partial charge >= 0.3 is 0 Å². The number of nitrogen functional groups attached to an aromatic ring is 2. The van der Waals surface area contributed by atoms with Crippen LogP contribution in [0.1, 0.15) is 16.7 Å². The van der Waals surface area contributed by atoms with E-state index in [0.29, 0.717) is 59.7 Å². The normalized spacial score (nSPS) is 14.4. The molecule has 0 spiro atoms. The highest BCUT2D eigenvalue weighted by Crippen LogP contribution is 2.33. The van der Waals surface area contributed by atoms with Crippen LogP contribution in [-0.4, -0.2) is 56.3 Å². The molecule has 37 heavy (non-hydrogen) atoms. The van der Waals surface area contributed by atoms with Crippen molar-refractivity contribution in [3.63, 3.8) is 0 Å². The van der Waals surface area contributed by atoms with E-state index in [0.717, 1.165) is 22.3 Å². The maximum Gasteiger partial charge on any atom is 0.292 e. The van der Waals surface area contributed by atoms with Crippen LogP contribution in [0.3, 0.4) is 0 Å². The molecule has 6 rings (SSSR count). The smallest absolute Gasteiger partial charge is 0.292 e. The van der Waals surface area contributed by atoms with Crippen molar-refractivity contribution in [3.05, 3.63) is 59.4 Å². The van der Waals surface area contributed by atoms with Gasteiger partial charge in [-0.2, -0.15) is 14.4 Å². The molecule has 0 amide bonds. The van der Waals surface area contributed by atoms with Gasteiger partial charge in [0.25, 0.3) is 6.01 Å². The Kier molecular flexibility index (Phi) is 5.55. The van der Waals surface area contributed by atoms with E-state index in [-0.39, 0.29) is 18.3 Å². The minimum absolute atomic E-state index is 0.0446. The van der Waals surface area contributed by atoms with Gasteiger partial charge in [-0.25, -0.2) is 23.1 Å². The summed E-state index contributed by atoms with van der Waals surface area (Å²) < 4.78 is 33.6. The SMILES string of the molecule is NCCS(=O)(=O)N1CCc2cc(Cn3nc(-c4ccc5oc(N)nc5c4)c4c(N)ncnc43)ccc2C1. The van der Waals surface area contributed by atoms with E-state index < -0.39 is 10.0 Å². The number of sulfonamides is 1. The van der Waals surface area contributed by atoms with Gasteiger partial charge in [0.15, 0.2) is 11.2 Å². The molecule has 0 saturated heterocycles. The topological polar surface area (TPSA) is 185 Å². The van der Waals surface area contributed by atoms with Crippen molar-refractivity contribution in [1.82, 2.24) is 29.0 Å². The maximum atomic E-state index is 12.4. The molecule has 12 nitrogen and oxygen atoms in total. The second-order valence-electron chi connectivity index (χ2n) is 8.99. The van der Waals surface area contributed by atoms with E-state index in [2.05, 4.69) is 21.0 Å². The molecular weight excluding hydrogens is 494 g/mol. The summed E-state index contributed by atoms with van der Waals surface area (Å²) in [6, 6.07) is 11.7. The van der Waals surface area contributed by atoms with E-state index in [1.807, 2.05) is 24.3 Å². The zero-order valence-corrected chi connectivity index (χ0v) is 20.6. The molecule has 3 aromatic heterocycles. The number of oxazole rings is 1. The molecular formula is C24H25N9O3S. The molecule has 0 saturated carbocycles. The van der Waals surface area contributed by atoms with Crippen LogP contribution >= 0.6 is 0 Å². The first-order valence-corrected chi connectivity index (χ1v) is 13.4. The predicted molar refractivity (Wildman–Crippen MR) is 140 cm³/mol. The summed E-state index contributed by atoms with van der Waals surface area (Å²) in [6.07, 6.45) is 2.05. The molecule has 190 valence electrons. The van der Waals surface area contributed by atoms with Crippen LogP contribution in [0.2, 0.25) is 0 Å². The third-order valence-corrected chi connectivity index (χ3v) is 8.44. The van der Waals surface area contributed by atoms with Crippen molar-refractivity contribution in [1.29, 1.82) is 0 Å². The van der Waals surface area contributed by atoms with Gasteiger partial charge < -0.3 is 21.6 Å². The van der Waals surface area contributed by atoms with Gasteiger partial charge in [0.1, 0.15) is 23.4 Å². The number of aromatic nitrogens is 5. The molecule has 5 aromatic rings. The Morgan fingerprint density at radius 3 is 2.76 bits per heavy atom. The molecule has 4 heterocycles. The number of fused-ring (bicyclic) bond motifs is 3. The summed E-state index contributed by atoms with van der Waals surface area (Å²) in [4.78, 5) is 12.9. The third kappa shape index (κ3) is 4.16. The summed E-state index contributed by atoms with van der Waals surface area (Å²) in [5, 5.41) is 5.50. The van der Waals surface area contributed by atoms with Gasteiger partial charge in [0.2, 0.25) is 10.0 Å². The second-order valence-corrected chi connectivity index (χ2v) is 11.1. The average molecular weight is 520 g/mol. The lowest BCUT2D eigenvalue weighted by atomic mass is 9.98. The Morgan fingerprint density at radius 2 is 1.92 bits per heavy atom. The number of anilines is 2. The molecule has 1 aliphatic rings. The van der Waals surface area contributed by atoms with Crippen LogP contribution in [0.5, 0.6) is 0 Å². The molecule has 0 bridgehead atoms. The molecule has 2 aromatic carbocycles. The monoisotopic (exact) mass is 519 g/mol. The first kappa shape index (κ1) is 23.3. The Balaban J connectivity index is 1.35. The van der Waals surface area contributed by atoms with Crippen LogP contribution in [0.15, 0.2) is 47.1 Å². The first-order chi connectivity index (χ1) is 17.8. The Morgan fingerprint density at radius 1 is 1.05 bits per heavy atom. The fourth-order valence-electron chi connectivity index (χ4n) is 4.80. The van der Waals surface area contributed by atoms with E-state index >= 15 is 0 Å². The maximum absolute atomic E-state index is 12.4. The number of hydrogen-bond donors (Lipinski definition) is 3. The molecule has 0 unspecified atom stereocenters. The van der Waals surface area contributed by atoms with Crippen molar-refractivity contribution in [2.45, 2.75) is 19.5 Å². The van der Waals surface area contributed by atoms with Crippen molar-refractivity contribution in [2.24, 2.45) is 5.73 Å². The van der Waals surface area contributed by atoms with Crippen LogP contribution in [0.25, 0.3) is 33.4 Å². The summed E-state index contributed by atoms with van der Waals surface area (Å²) in [6.45, 7) is 1.35. The molecule has 0 fully saturated rings. The molecule has 1 aliphatic heterocycles. The zero-order valence-electron chi connectivity index (χ0n) is 19.8. The number of nitrogens with zero attached hydrogens (tertiary/aromatic N) is 6. The molecule has 13 heteroatoms. The number of hydrogen-bond acceptors (Lipinski definition) is 10.